The van der Waals surface area contributed by atoms with Crippen LogP contribution in [0.25, 0.3) is 0 Å². The van der Waals surface area contributed by atoms with Crippen molar-refractivity contribution in [3.63, 3.8) is 0 Å². The van der Waals surface area contributed by atoms with Crippen LogP contribution in [0, 0.1) is 0 Å². The number of hydrogen-bond donors (Lipinski definition) is 0. The van der Waals surface area contributed by atoms with Crippen molar-refractivity contribution >= 4 is 5.97 Å². The minimum atomic E-state index is -0.757. The molecule has 3 aliphatic rings. The van der Waals surface area contributed by atoms with Crippen molar-refractivity contribution in [3.8, 4) is 0 Å². The Labute approximate surface area is 171 Å². The third-order valence-electron chi connectivity index (χ3n) is 5.36. The Balaban J connectivity index is 0.00000113. The first-order valence-electron chi connectivity index (χ1n) is 8.80. The first kappa shape index (κ1) is 20.8. The van der Waals surface area contributed by atoms with Gasteiger partial charge < -0.3 is 24.8 Å². The molecule has 3 aliphatic carbocycles. The van der Waals surface area contributed by atoms with Crippen LogP contribution >= 0.6 is 0 Å². The molecule has 0 spiro atoms. The van der Waals surface area contributed by atoms with Gasteiger partial charge in [0.1, 0.15) is 0 Å². The van der Waals surface area contributed by atoms with Crippen molar-refractivity contribution in [2.75, 3.05) is 0 Å². The zero-order valence-electron chi connectivity index (χ0n) is 14.2. The fourth-order valence-corrected chi connectivity index (χ4v) is 6.26. The van der Waals surface area contributed by atoms with Crippen LogP contribution in [0.5, 0.6) is 0 Å². The van der Waals surface area contributed by atoms with Crippen LogP contribution in [0.1, 0.15) is 61.7 Å². The average molecular weight is 413 g/mol. The minimum Gasteiger partial charge on any atom is -1.00 e. The summed E-state index contributed by atoms with van der Waals surface area (Å²) in [4.78, 5) is 12.3. The number of halogens is 2. The quantitative estimate of drug-likeness (QED) is 0.619. The first-order valence-corrected chi connectivity index (χ1v) is 10.3. The van der Waals surface area contributed by atoms with Gasteiger partial charge in [-0.15, -0.1) is 0 Å². The number of hydrogen-bond acceptors (Lipinski definition) is 2. The normalized spacial score (nSPS) is 19.2. The third-order valence-corrected chi connectivity index (χ3v) is 7.29. The van der Waals surface area contributed by atoms with E-state index in [0.717, 1.165) is 0 Å². The summed E-state index contributed by atoms with van der Waals surface area (Å²) in [5.41, 5.74) is 7.35. The number of allylic oxidation sites excluding steroid dienone is 4. The van der Waals surface area contributed by atoms with E-state index in [1.54, 1.807) is 22.3 Å². The van der Waals surface area contributed by atoms with E-state index in [0.29, 0.717) is 9.79 Å². The summed E-state index contributed by atoms with van der Waals surface area (Å²) in [5.74, 6) is -0.131. The molecule has 132 valence electrons. The van der Waals surface area contributed by atoms with Gasteiger partial charge in [0, 0.05) is 0 Å². The minimum absolute atomic E-state index is 0. The predicted octanol–water partition coefficient (Wildman–Crippen LogP) is -0.608. The van der Waals surface area contributed by atoms with Crippen LogP contribution in [-0.2, 0) is 22.9 Å². The molecule has 2 nitrogen and oxygen atoms in total. The van der Waals surface area contributed by atoms with Crippen LogP contribution in [0.4, 0.5) is 0 Å². The Morgan fingerprint density at radius 3 is 1.92 bits per heavy atom. The van der Waals surface area contributed by atoms with Gasteiger partial charge >= 0.3 is 147 Å². The average Bonchev–Trinajstić information content (AvgIpc) is 2.94. The van der Waals surface area contributed by atoms with Crippen LogP contribution in [0.2, 0.25) is 4.22 Å². The van der Waals surface area contributed by atoms with Gasteiger partial charge in [-0.3, -0.25) is 0 Å². The third kappa shape index (κ3) is 4.24. The van der Waals surface area contributed by atoms with Gasteiger partial charge in [-0.05, 0) is 0 Å². The molecule has 0 unspecified atom stereocenters. The van der Waals surface area contributed by atoms with E-state index in [4.69, 9.17) is 3.32 Å². The second kappa shape index (κ2) is 9.41. The SMILES string of the molecule is O=C([O][Ti+2][CH]1C2=C(CCCC2)C2=C1CCCC2)c1ccccc1.[Cl-].[Cl-]. The number of fused-ring (bicyclic) bond motifs is 1. The first-order chi connectivity index (χ1) is 11.3. The van der Waals surface area contributed by atoms with Gasteiger partial charge in [0.15, 0.2) is 0 Å². The molecule has 1 aromatic rings. The molecule has 0 N–H and O–H groups in total. The molecular formula is C20H22Cl2O2Ti. The Morgan fingerprint density at radius 2 is 1.36 bits per heavy atom. The van der Waals surface area contributed by atoms with Crippen molar-refractivity contribution in [3.05, 3.63) is 58.2 Å². The van der Waals surface area contributed by atoms with E-state index in [1.165, 1.54) is 51.4 Å². The molecule has 0 atom stereocenters. The maximum Gasteiger partial charge on any atom is -1.00 e. The largest absolute Gasteiger partial charge is 1.00 e. The Bertz CT molecular complexity index is 650. The molecule has 1 aromatic carbocycles. The van der Waals surface area contributed by atoms with Crippen molar-refractivity contribution in [1.29, 1.82) is 0 Å². The van der Waals surface area contributed by atoms with Crippen LogP contribution in [-0.4, -0.2) is 5.97 Å². The van der Waals surface area contributed by atoms with E-state index in [9.17, 15) is 4.79 Å². The monoisotopic (exact) mass is 412 g/mol. The predicted molar refractivity (Wildman–Crippen MR) is 86.6 cm³/mol. The van der Waals surface area contributed by atoms with Gasteiger partial charge in [0.05, 0.1) is 0 Å². The topological polar surface area (TPSA) is 26.3 Å². The molecule has 4 rings (SSSR count). The maximum atomic E-state index is 12.3. The van der Waals surface area contributed by atoms with Crippen molar-refractivity contribution in [1.82, 2.24) is 0 Å². The van der Waals surface area contributed by atoms with Gasteiger partial charge in [-0.2, -0.15) is 0 Å². The molecule has 0 amide bonds. The van der Waals surface area contributed by atoms with Crippen LogP contribution < -0.4 is 24.8 Å². The van der Waals surface area contributed by atoms with E-state index < -0.39 is 19.5 Å². The zero-order chi connectivity index (χ0) is 15.6. The van der Waals surface area contributed by atoms with E-state index >= 15 is 0 Å². The summed E-state index contributed by atoms with van der Waals surface area (Å²) in [6.07, 6.45) is 10.3. The summed E-state index contributed by atoms with van der Waals surface area (Å²) in [5, 5.41) is 0. The van der Waals surface area contributed by atoms with Gasteiger partial charge in [-0.25, -0.2) is 0 Å². The van der Waals surface area contributed by atoms with Crippen molar-refractivity contribution in [2.24, 2.45) is 0 Å². The van der Waals surface area contributed by atoms with Crippen LogP contribution in [0.3, 0.4) is 0 Å². The second-order valence-corrected chi connectivity index (χ2v) is 8.32. The Kier molecular flexibility index (Phi) is 7.82. The summed E-state index contributed by atoms with van der Waals surface area (Å²) in [6.45, 7) is 0. The zero-order valence-corrected chi connectivity index (χ0v) is 17.3. The summed E-state index contributed by atoms with van der Waals surface area (Å²) in [6, 6.07) is 9.42. The molecule has 0 heterocycles. The number of benzene rings is 1. The smallest absolute Gasteiger partial charge is 1.00 e. The molecule has 25 heavy (non-hydrogen) atoms. The number of carbonyl (C=O) groups is 1. The number of carbonyl (C=O) groups excluding carboxylic acids is 1. The Morgan fingerprint density at radius 1 is 0.840 bits per heavy atom. The molecular weight excluding hydrogens is 391 g/mol. The van der Waals surface area contributed by atoms with Crippen LogP contribution in [0.15, 0.2) is 52.6 Å². The Hall–Kier alpha value is -0.536. The standard InChI is InChI=1S/C13H17.C7H6O2.2ClH.Ti/c1-3-7-12-10(5-1)9-11-6-2-4-8-13(11)12;8-7(9)6-4-2-1-3-5-6;;;/h9H,1-8H2;1-5H,(H,8,9);2*1H;/q;;;;+3/p-3. The fraction of sp³-hybridized carbons (Fsp3) is 0.450. The van der Waals surface area contributed by atoms with Crippen molar-refractivity contribution < 1.29 is 52.5 Å². The molecule has 0 aromatic heterocycles. The van der Waals surface area contributed by atoms with E-state index in [2.05, 4.69) is 0 Å². The summed E-state index contributed by atoms with van der Waals surface area (Å²) in [7, 11) is 0. The fourth-order valence-electron chi connectivity index (χ4n) is 4.28. The van der Waals surface area contributed by atoms with Crippen molar-refractivity contribution in [2.45, 2.75) is 55.6 Å². The summed E-state index contributed by atoms with van der Waals surface area (Å²) < 4.78 is 6.34. The van der Waals surface area contributed by atoms with Gasteiger partial charge in [0.25, 0.3) is 0 Å². The molecule has 0 bridgehead atoms. The molecule has 0 saturated carbocycles. The molecule has 0 aliphatic heterocycles. The second-order valence-electron chi connectivity index (χ2n) is 6.73. The van der Waals surface area contributed by atoms with Gasteiger partial charge in [0.2, 0.25) is 0 Å². The molecule has 0 fully saturated rings. The maximum absolute atomic E-state index is 12.3. The molecule has 0 saturated heterocycles. The van der Waals surface area contributed by atoms with Gasteiger partial charge in [-0.1, -0.05) is 0 Å². The number of rotatable bonds is 3. The van der Waals surface area contributed by atoms with E-state index in [-0.39, 0.29) is 30.8 Å². The molecule has 0 radical (unpaired) electrons. The molecule has 5 heteroatoms. The summed E-state index contributed by atoms with van der Waals surface area (Å²) >= 11 is -0.757. The van der Waals surface area contributed by atoms with E-state index in [1.807, 2.05) is 30.3 Å².